The maximum atomic E-state index is 12.1. The molecule has 92 valence electrons. The Kier molecular flexibility index (Phi) is 2.97. The van der Waals surface area contributed by atoms with Gasteiger partial charge in [-0.05, 0) is 33.9 Å². The first-order chi connectivity index (χ1) is 7.46. The summed E-state index contributed by atoms with van der Waals surface area (Å²) in [7, 11) is 0. The molecule has 0 aromatic rings. The average molecular weight is 226 g/mol. The molecule has 4 nitrogen and oxygen atoms in total. The molecule has 0 aliphatic carbocycles. The minimum atomic E-state index is -0.348. The van der Waals surface area contributed by atoms with E-state index < -0.39 is 0 Å². The number of rotatable bonds is 0. The quantitative estimate of drug-likeness (QED) is 0.673. The van der Waals surface area contributed by atoms with E-state index in [1.807, 2.05) is 4.90 Å². The molecule has 0 aromatic carbocycles. The molecule has 2 heterocycles. The zero-order chi connectivity index (χ0) is 11.8. The Balaban J connectivity index is 2.29. The van der Waals surface area contributed by atoms with Gasteiger partial charge in [-0.1, -0.05) is 0 Å². The maximum Gasteiger partial charge on any atom is 0.227 e. The van der Waals surface area contributed by atoms with Crippen LogP contribution in [0, 0.1) is 0 Å². The van der Waals surface area contributed by atoms with E-state index >= 15 is 0 Å². The van der Waals surface area contributed by atoms with Crippen LogP contribution in [0.15, 0.2) is 0 Å². The van der Waals surface area contributed by atoms with Crippen LogP contribution in [0.5, 0.6) is 0 Å². The molecule has 1 amide bonds. The van der Waals surface area contributed by atoms with Crippen molar-refractivity contribution in [3.63, 3.8) is 0 Å². The summed E-state index contributed by atoms with van der Waals surface area (Å²) >= 11 is 0. The van der Waals surface area contributed by atoms with Gasteiger partial charge in [0.05, 0.1) is 13.0 Å². The van der Waals surface area contributed by atoms with Gasteiger partial charge in [-0.15, -0.1) is 0 Å². The molecule has 0 radical (unpaired) electrons. The fourth-order valence-corrected chi connectivity index (χ4v) is 2.90. The van der Waals surface area contributed by atoms with Crippen molar-refractivity contribution in [1.82, 2.24) is 10.2 Å². The molecule has 2 saturated heterocycles. The molecule has 16 heavy (non-hydrogen) atoms. The standard InChI is InChI=1S/C12H22N2O2/c1-11(2,3)14-10(15)4-9-16-12(14)5-7-13-8-6-12/h13H,4-9H2,1-3H3. The van der Waals surface area contributed by atoms with E-state index in [1.165, 1.54) is 0 Å². The molecular formula is C12H22N2O2. The van der Waals surface area contributed by atoms with Gasteiger partial charge < -0.3 is 15.0 Å². The predicted molar refractivity (Wildman–Crippen MR) is 62.0 cm³/mol. The third-order valence-corrected chi connectivity index (χ3v) is 3.40. The Hall–Kier alpha value is -0.610. The summed E-state index contributed by atoms with van der Waals surface area (Å²) in [6, 6.07) is 0. The summed E-state index contributed by atoms with van der Waals surface area (Å²) in [5, 5.41) is 3.33. The molecule has 0 unspecified atom stereocenters. The highest BCUT2D eigenvalue weighted by atomic mass is 16.5. The van der Waals surface area contributed by atoms with Crippen molar-refractivity contribution in [3.05, 3.63) is 0 Å². The molecule has 2 rings (SSSR count). The van der Waals surface area contributed by atoms with Crippen LogP contribution in [0.25, 0.3) is 0 Å². The predicted octanol–water partition coefficient (Wildman–Crippen LogP) is 1.11. The summed E-state index contributed by atoms with van der Waals surface area (Å²) in [5.74, 6) is 0.237. The minimum absolute atomic E-state index is 0.158. The SMILES string of the molecule is CC(C)(C)N1C(=O)CCOC12CCNCC2. The lowest BCUT2D eigenvalue weighted by molar-refractivity contribution is -0.224. The Morgan fingerprint density at radius 3 is 2.50 bits per heavy atom. The largest absolute Gasteiger partial charge is 0.355 e. The lowest BCUT2D eigenvalue weighted by atomic mass is 9.91. The number of piperidine rings is 1. The van der Waals surface area contributed by atoms with E-state index in [4.69, 9.17) is 4.74 Å². The van der Waals surface area contributed by atoms with Gasteiger partial charge in [0.25, 0.3) is 0 Å². The summed E-state index contributed by atoms with van der Waals surface area (Å²) in [6.07, 6.45) is 2.32. The third-order valence-electron chi connectivity index (χ3n) is 3.40. The second kappa shape index (κ2) is 4.00. The second-order valence-electron chi connectivity index (χ2n) is 5.69. The normalized spacial score (nSPS) is 26.2. The highest BCUT2D eigenvalue weighted by molar-refractivity contribution is 5.78. The van der Waals surface area contributed by atoms with Crippen LogP contribution in [-0.4, -0.2) is 41.8 Å². The van der Waals surface area contributed by atoms with Crippen LogP contribution in [-0.2, 0) is 9.53 Å². The lowest BCUT2D eigenvalue weighted by Gasteiger charge is -2.54. The summed E-state index contributed by atoms with van der Waals surface area (Å²) in [6.45, 7) is 8.70. The van der Waals surface area contributed by atoms with Crippen molar-refractivity contribution in [2.75, 3.05) is 19.7 Å². The average Bonchev–Trinajstić information content (AvgIpc) is 2.16. The van der Waals surface area contributed by atoms with Gasteiger partial charge in [-0.3, -0.25) is 4.79 Å². The fourth-order valence-electron chi connectivity index (χ4n) is 2.90. The van der Waals surface area contributed by atoms with E-state index in [2.05, 4.69) is 26.1 Å². The Morgan fingerprint density at radius 2 is 1.94 bits per heavy atom. The van der Waals surface area contributed by atoms with Crippen molar-refractivity contribution in [3.8, 4) is 0 Å². The molecule has 1 N–H and O–H groups in total. The first-order valence-corrected chi connectivity index (χ1v) is 6.14. The smallest absolute Gasteiger partial charge is 0.227 e. The van der Waals surface area contributed by atoms with Gasteiger partial charge in [0.15, 0.2) is 0 Å². The van der Waals surface area contributed by atoms with Gasteiger partial charge in [0.2, 0.25) is 5.91 Å². The van der Waals surface area contributed by atoms with Gasteiger partial charge in [-0.25, -0.2) is 0 Å². The van der Waals surface area contributed by atoms with Crippen molar-refractivity contribution >= 4 is 5.91 Å². The van der Waals surface area contributed by atoms with Crippen LogP contribution >= 0.6 is 0 Å². The van der Waals surface area contributed by atoms with Crippen molar-refractivity contribution < 1.29 is 9.53 Å². The van der Waals surface area contributed by atoms with Gasteiger partial charge in [0.1, 0.15) is 5.72 Å². The van der Waals surface area contributed by atoms with Crippen molar-refractivity contribution in [1.29, 1.82) is 0 Å². The van der Waals surface area contributed by atoms with Crippen LogP contribution in [0.1, 0.15) is 40.0 Å². The second-order valence-corrected chi connectivity index (χ2v) is 5.69. The number of amides is 1. The van der Waals surface area contributed by atoms with Gasteiger partial charge >= 0.3 is 0 Å². The van der Waals surface area contributed by atoms with Crippen LogP contribution in [0.3, 0.4) is 0 Å². The monoisotopic (exact) mass is 226 g/mol. The Labute approximate surface area is 97.3 Å². The molecule has 2 aliphatic rings. The topological polar surface area (TPSA) is 41.6 Å². The number of hydrogen-bond acceptors (Lipinski definition) is 3. The Morgan fingerprint density at radius 1 is 1.31 bits per heavy atom. The first-order valence-electron chi connectivity index (χ1n) is 6.14. The van der Waals surface area contributed by atoms with E-state index in [0.29, 0.717) is 13.0 Å². The Bertz CT molecular complexity index is 272. The maximum absolute atomic E-state index is 12.1. The molecule has 0 aromatic heterocycles. The van der Waals surface area contributed by atoms with Gasteiger partial charge in [0, 0.05) is 18.4 Å². The molecule has 4 heteroatoms. The van der Waals surface area contributed by atoms with E-state index in [0.717, 1.165) is 25.9 Å². The summed E-state index contributed by atoms with van der Waals surface area (Å²) < 4.78 is 5.98. The highest BCUT2D eigenvalue weighted by Gasteiger charge is 2.48. The molecule has 2 fully saturated rings. The summed E-state index contributed by atoms with van der Waals surface area (Å²) in [4.78, 5) is 14.1. The molecule has 0 atom stereocenters. The van der Waals surface area contributed by atoms with E-state index in [1.54, 1.807) is 0 Å². The fraction of sp³-hybridized carbons (Fsp3) is 0.917. The lowest BCUT2D eigenvalue weighted by Crippen LogP contribution is -2.66. The summed E-state index contributed by atoms with van der Waals surface area (Å²) in [5.41, 5.74) is -0.506. The van der Waals surface area contributed by atoms with Gasteiger partial charge in [-0.2, -0.15) is 0 Å². The zero-order valence-electron chi connectivity index (χ0n) is 10.5. The zero-order valence-corrected chi connectivity index (χ0v) is 10.5. The molecule has 0 bridgehead atoms. The molecule has 1 spiro atoms. The number of ether oxygens (including phenoxy) is 1. The van der Waals surface area contributed by atoms with Crippen molar-refractivity contribution in [2.24, 2.45) is 0 Å². The van der Waals surface area contributed by atoms with Crippen LogP contribution in [0.2, 0.25) is 0 Å². The number of carbonyl (C=O) groups is 1. The number of carbonyl (C=O) groups excluding carboxylic acids is 1. The highest BCUT2D eigenvalue weighted by Crippen LogP contribution is 2.37. The molecule has 0 saturated carbocycles. The molecular weight excluding hydrogens is 204 g/mol. The van der Waals surface area contributed by atoms with Crippen LogP contribution in [0.4, 0.5) is 0 Å². The van der Waals surface area contributed by atoms with E-state index in [9.17, 15) is 4.79 Å². The van der Waals surface area contributed by atoms with Crippen LogP contribution < -0.4 is 5.32 Å². The molecule has 2 aliphatic heterocycles. The number of hydrogen-bond donors (Lipinski definition) is 1. The number of nitrogens with one attached hydrogen (secondary N) is 1. The number of nitrogens with zero attached hydrogens (tertiary/aromatic N) is 1. The minimum Gasteiger partial charge on any atom is -0.355 e. The third kappa shape index (κ3) is 1.96. The van der Waals surface area contributed by atoms with E-state index in [-0.39, 0.29) is 17.2 Å². The first kappa shape index (κ1) is 11.9. The van der Waals surface area contributed by atoms with Crippen molar-refractivity contribution in [2.45, 2.75) is 51.3 Å².